The number of likely N-dealkylation sites (tertiary alicyclic amines) is 1. The Morgan fingerprint density at radius 3 is 2.37 bits per heavy atom. The summed E-state index contributed by atoms with van der Waals surface area (Å²) < 4.78 is 0. The van der Waals surface area contributed by atoms with Crippen molar-refractivity contribution in [1.29, 1.82) is 0 Å². The molecule has 1 unspecified atom stereocenters. The Kier molecular flexibility index (Phi) is 6.15. The van der Waals surface area contributed by atoms with Crippen LogP contribution < -0.4 is 10.6 Å². The molecule has 1 aliphatic carbocycles. The van der Waals surface area contributed by atoms with E-state index in [9.17, 15) is 4.79 Å². The molecule has 0 spiro atoms. The highest BCUT2D eigenvalue weighted by Crippen LogP contribution is 2.31. The zero-order valence-corrected chi connectivity index (χ0v) is 17.8. The van der Waals surface area contributed by atoms with Gasteiger partial charge in [-0.15, -0.1) is 0 Å². The summed E-state index contributed by atoms with van der Waals surface area (Å²) in [6.45, 7) is 15.0. The number of hydrogen-bond acceptors (Lipinski definition) is 2. The molecule has 1 aromatic carbocycles. The van der Waals surface area contributed by atoms with Crippen molar-refractivity contribution in [3.63, 3.8) is 0 Å². The van der Waals surface area contributed by atoms with E-state index in [1.807, 2.05) is 0 Å². The van der Waals surface area contributed by atoms with Crippen LogP contribution in [0.25, 0.3) is 0 Å². The lowest BCUT2D eigenvalue weighted by Crippen LogP contribution is -2.39. The Hall–Kier alpha value is -1.55. The second-order valence-electron chi connectivity index (χ2n) is 9.61. The van der Waals surface area contributed by atoms with Crippen LogP contribution >= 0.6 is 0 Å². The molecule has 2 aliphatic rings. The molecule has 1 aliphatic heterocycles. The highest BCUT2D eigenvalue weighted by atomic mass is 16.2. The minimum absolute atomic E-state index is 0.0264. The summed E-state index contributed by atoms with van der Waals surface area (Å²) in [4.78, 5) is 14.7. The Bertz CT molecular complexity index is 650. The first-order valence-electron chi connectivity index (χ1n) is 10.6. The third-order valence-corrected chi connectivity index (χ3v) is 6.15. The number of nitrogens with one attached hydrogen (secondary N) is 2. The molecule has 1 saturated heterocycles. The van der Waals surface area contributed by atoms with Gasteiger partial charge in [-0.25, -0.2) is 4.79 Å². The maximum Gasteiger partial charge on any atom is 0.314 e. The van der Waals surface area contributed by atoms with Crippen molar-refractivity contribution in [2.24, 2.45) is 5.92 Å². The van der Waals surface area contributed by atoms with E-state index in [2.05, 4.69) is 62.3 Å². The lowest BCUT2D eigenvalue weighted by molar-refractivity contribution is 0.238. The molecule has 27 heavy (non-hydrogen) atoms. The van der Waals surface area contributed by atoms with Gasteiger partial charge in [0.1, 0.15) is 0 Å². The van der Waals surface area contributed by atoms with Crippen LogP contribution in [0, 0.1) is 19.8 Å². The first kappa shape index (κ1) is 20.2. The molecule has 2 amide bonds. The fourth-order valence-electron chi connectivity index (χ4n) is 4.22. The minimum Gasteiger partial charge on any atom is -0.338 e. The Morgan fingerprint density at radius 1 is 1.11 bits per heavy atom. The van der Waals surface area contributed by atoms with Gasteiger partial charge in [-0.1, -0.05) is 32.9 Å². The number of urea groups is 1. The predicted octanol–water partition coefficient (Wildman–Crippen LogP) is 3.93. The molecule has 150 valence electrons. The quantitative estimate of drug-likeness (QED) is 0.796. The van der Waals surface area contributed by atoms with Crippen molar-refractivity contribution in [3.05, 3.63) is 34.4 Å². The molecule has 1 saturated carbocycles. The van der Waals surface area contributed by atoms with Crippen LogP contribution in [0.15, 0.2) is 12.1 Å². The molecule has 1 aromatic rings. The van der Waals surface area contributed by atoms with Gasteiger partial charge in [-0.05, 0) is 79.7 Å². The standard InChI is InChI=1S/C23H37N3O/c1-16-12-19(23(3,4)5)13-17(2)21(16)8-10-24-22(27)25-14-18-9-11-26(15-18)20-6-7-20/h12-13,18,20H,6-11,14-15H2,1-5H3,(H2,24,25,27). The van der Waals surface area contributed by atoms with E-state index in [4.69, 9.17) is 0 Å². The fraction of sp³-hybridized carbons (Fsp3) is 0.696. The number of aryl methyl sites for hydroxylation is 2. The lowest BCUT2D eigenvalue weighted by Gasteiger charge is -2.22. The second-order valence-corrected chi connectivity index (χ2v) is 9.61. The molecular formula is C23H37N3O. The van der Waals surface area contributed by atoms with Gasteiger partial charge in [0.05, 0.1) is 0 Å². The summed E-state index contributed by atoms with van der Waals surface area (Å²) in [5.41, 5.74) is 5.56. The maximum absolute atomic E-state index is 12.1. The molecule has 1 atom stereocenters. The number of hydrogen-bond donors (Lipinski definition) is 2. The van der Waals surface area contributed by atoms with Crippen LogP contribution in [-0.4, -0.2) is 43.2 Å². The highest BCUT2D eigenvalue weighted by molar-refractivity contribution is 5.73. The molecule has 2 fully saturated rings. The van der Waals surface area contributed by atoms with Crippen molar-refractivity contribution >= 4 is 6.03 Å². The van der Waals surface area contributed by atoms with Crippen LogP contribution in [0.4, 0.5) is 4.79 Å². The van der Waals surface area contributed by atoms with Gasteiger partial charge < -0.3 is 15.5 Å². The van der Waals surface area contributed by atoms with E-state index in [0.29, 0.717) is 12.5 Å². The smallest absolute Gasteiger partial charge is 0.314 e. The number of amides is 2. The summed E-state index contributed by atoms with van der Waals surface area (Å²) in [5, 5.41) is 6.11. The zero-order chi connectivity index (χ0) is 19.6. The van der Waals surface area contributed by atoms with Gasteiger partial charge in [0, 0.05) is 25.7 Å². The van der Waals surface area contributed by atoms with Crippen molar-refractivity contribution in [2.75, 3.05) is 26.2 Å². The Balaban J connectivity index is 1.41. The Labute approximate surface area is 165 Å². The number of rotatable bonds is 6. The van der Waals surface area contributed by atoms with E-state index < -0.39 is 0 Å². The van der Waals surface area contributed by atoms with Crippen molar-refractivity contribution in [1.82, 2.24) is 15.5 Å². The van der Waals surface area contributed by atoms with E-state index in [1.54, 1.807) is 0 Å². The van der Waals surface area contributed by atoms with Crippen molar-refractivity contribution in [3.8, 4) is 0 Å². The summed E-state index contributed by atoms with van der Waals surface area (Å²) >= 11 is 0. The van der Waals surface area contributed by atoms with Gasteiger partial charge in [-0.3, -0.25) is 0 Å². The SMILES string of the molecule is Cc1cc(C(C)(C)C)cc(C)c1CCNC(=O)NCC1CCN(C2CC2)C1. The Morgan fingerprint density at radius 2 is 1.78 bits per heavy atom. The van der Waals surface area contributed by atoms with Crippen molar-refractivity contribution < 1.29 is 4.79 Å². The summed E-state index contributed by atoms with van der Waals surface area (Å²) in [6.07, 6.45) is 4.84. The minimum atomic E-state index is -0.0264. The van der Waals surface area contributed by atoms with Crippen LogP contribution in [0.1, 0.15) is 62.3 Å². The number of benzene rings is 1. The third kappa shape index (κ3) is 5.47. The van der Waals surface area contributed by atoms with Crippen LogP contribution in [-0.2, 0) is 11.8 Å². The van der Waals surface area contributed by atoms with E-state index in [-0.39, 0.29) is 11.4 Å². The van der Waals surface area contributed by atoms with E-state index >= 15 is 0 Å². The lowest BCUT2D eigenvalue weighted by atomic mass is 9.83. The molecule has 0 aromatic heterocycles. The van der Waals surface area contributed by atoms with E-state index in [0.717, 1.165) is 25.6 Å². The van der Waals surface area contributed by atoms with E-state index in [1.165, 1.54) is 48.1 Å². The van der Waals surface area contributed by atoms with Gasteiger partial charge >= 0.3 is 6.03 Å². The summed E-state index contributed by atoms with van der Waals surface area (Å²) in [7, 11) is 0. The first-order chi connectivity index (χ1) is 12.7. The number of carbonyl (C=O) groups excluding carboxylic acids is 1. The highest BCUT2D eigenvalue weighted by Gasteiger charge is 2.34. The van der Waals surface area contributed by atoms with Gasteiger partial charge in [0.2, 0.25) is 0 Å². The van der Waals surface area contributed by atoms with Crippen LogP contribution in [0.3, 0.4) is 0 Å². The maximum atomic E-state index is 12.1. The number of carbonyl (C=O) groups is 1. The summed E-state index contributed by atoms with van der Waals surface area (Å²) in [6, 6.07) is 5.42. The summed E-state index contributed by atoms with van der Waals surface area (Å²) in [5.74, 6) is 0.616. The fourth-order valence-corrected chi connectivity index (χ4v) is 4.22. The van der Waals surface area contributed by atoms with Gasteiger partial charge in [-0.2, -0.15) is 0 Å². The third-order valence-electron chi connectivity index (χ3n) is 6.15. The van der Waals surface area contributed by atoms with Crippen molar-refractivity contribution in [2.45, 2.75) is 71.8 Å². The number of nitrogens with zero attached hydrogens (tertiary/aromatic N) is 1. The molecule has 2 N–H and O–H groups in total. The second kappa shape index (κ2) is 8.22. The molecule has 0 bridgehead atoms. The normalized spacial score (nSPS) is 20.7. The molecular weight excluding hydrogens is 334 g/mol. The largest absolute Gasteiger partial charge is 0.338 e. The van der Waals surface area contributed by atoms with Gasteiger partial charge in [0.25, 0.3) is 0 Å². The van der Waals surface area contributed by atoms with Gasteiger partial charge in [0.15, 0.2) is 0 Å². The molecule has 4 heteroatoms. The monoisotopic (exact) mass is 371 g/mol. The first-order valence-corrected chi connectivity index (χ1v) is 10.6. The average molecular weight is 372 g/mol. The molecule has 0 radical (unpaired) electrons. The molecule has 1 heterocycles. The van der Waals surface area contributed by atoms with Crippen LogP contribution in [0.2, 0.25) is 0 Å². The molecule has 3 rings (SSSR count). The average Bonchev–Trinajstić information content (AvgIpc) is 3.33. The van der Waals surface area contributed by atoms with Crippen LogP contribution in [0.5, 0.6) is 0 Å². The zero-order valence-electron chi connectivity index (χ0n) is 17.8. The topological polar surface area (TPSA) is 44.4 Å². The molecule has 4 nitrogen and oxygen atoms in total. The predicted molar refractivity (Wildman–Crippen MR) is 112 cm³/mol.